The fraction of sp³-hybridized carbons (Fsp3) is 0.0270. The van der Waals surface area contributed by atoms with E-state index in [2.05, 4.69) is 291 Å². The van der Waals surface area contributed by atoms with E-state index in [4.69, 9.17) is 0 Å². The maximum absolute atomic E-state index is 2.48. The summed E-state index contributed by atoms with van der Waals surface area (Å²) in [6.45, 7) is 0. The molecule has 0 saturated heterocycles. The molecule has 0 saturated carbocycles. The van der Waals surface area contributed by atoms with Gasteiger partial charge in [-0.2, -0.15) is 0 Å². The molecule has 0 radical (unpaired) electrons. The third-order valence-corrected chi connectivity index (χ3v) is 15.6. The van der Waals surface area contributed by atoms with Crippen LogP contribution in [0.25, 0.3) is 87.3 Å². The molecule has 13 aromatic carbocycles. The van der Waals surface area contributed by atoms with Gasteiger partial charge in [0.25, 0.3) is 0 Å². The lowest BCUT2D eigenvalue weighted by Crippen LogP contribution is -2.13. The van der Waals surface area contributed by atoms with E-state index in [0.717, 1.165) is 0 Å². The highest BCUT2D eigenvalue weighted by Crippen LogP contribution is 2.52. The molecule has 74 heavy (non-hydrogen) atoms. The van der Waals surface area contributed by atoms with Gasteiger partial charge in [-0.15, -0.1) is 0 Å². The molecule has 346 valence electrons. The summed E-state index contributed by atoms with van der Waals surface area (Å²) < 4.78 is 0. The third-order valence-electron chi connectivity index (χ3n) is 15.6. The highest BCUT2D eigenvalue weighted by Gasteiger charge is 2.31. The Balaban J connectivity index is 0.000000138. The molecule has 0 heterocycles. The van der Waals surface area contributed by atoms with Crippen LogP contribution in [-0.4, -0.2) is 0 Å². The summed E-state index contributed by atoms with van der Waals surface area (Å²) >= 11 is 0. The highest BCUT2D eigenvalue weighted by atomic mass is 14.3. The Hall–Kier alpha value is -9.36. The van der Waals surface area contributed by atoms with Crippen LogP contribution in [0.1, 0.15) is 56.3 Å². The predicted molar refractivity (Wildman–Crippen MR) is 315 cm³/mol. The Morgan fingerprint density at radius 1 is 0.230 bits per heavy atom. The molecule has 2 aliphatic carbocycles. The highest BCUT2D eigenvalue weighted by molar-refractivity contribution is 6.22. The van der Waals surface area contributed by atoms with Crippen LogP contribution in [0.3, 0.4) is 0 Å². The standard InChI is InChI=1S/C40H28.C34H22/c1-5-13-27(14-6-1)35-25-36(28-15-7-2-8-16-28)32-23-24-34-38(30-19-11-4-12-20-30)26-37(29-17-9-3-10-18-29)33-22-21-31(35)39(32)40(33)34;1-3-11-25-21-27(19-17-23(25)9-1)33-29-13-5-7-15-31(29)34(32-16-8-6-14-30(32)33)28-20-18-24-10-2-4-12-26(24)22-28/h1-26,35,38H;1-22H. The van der Waals surface area contributed by atoms with Crippen molar-refractivity contribution >= 4 is 65.0 Å². The van der Waals surface area contributed by atoms with Crippen molar-refractivity contribution in [2.75, 3.05) is 0 Å². The van der Waals surface area contributed by atoms with E-state index < -0.39 is 0 Å². The minimum absolute atomic E-state index is 0.189. The first-order valence-corrected chi connectivity index (χ1v) is 25.9. The molecule has 0 aliphatic heterocycles. The Kier molecular flexibility index (Phi) is 10.8. The quantitative estimate of drug-likeness (QED) is 0.146. The van der Waals surface area contributed by atoms with Gasteiger partial charge in [-0.1, -0.05) is 279 Å². The van der Waals surface area contributed by atoms with Gasteiger partial charge in [0.1, 0.15) is 0 Å². The van der Waals surface area contributed by atoms with Crippen LogP contribution in [-0.2, 0) is 0 Å². The first kappa shape index (κ1) is 43.4. The van der Waals surface area contributed by atoms with Gasteiger partial charge in [0.05, 0.1) is 0 Å². The maximum Gasteiger partial charge on any atom is 0.0285 e. The van der Waals surface area contributed by atoms with Crippen LogP contribution in [0.5, 0.6) is 0 Å². The molecule has 0 bridgehead atoms. The molecule has 13 aromatic rings. The second-order valence-electron chi connectivity index (χ2n) is 19.8. The fourth-order valence-corrected chi connectivity index (χ4v) is 12.3. The molecule has 0 amide bonds. The van der Waals surface area contributed by atoms with Gasteiger partial charge in [0.2, 0.25) is 0 Å². The van der Waals surface area contributed by atoms with Crippen LogP contribution >= 0.6 is 0 Å². The van der Waals surface area contributed by atoms with Gasteiger partial charge in [-0.25, -0.2) is 0 Å². The Morgan fingerprint density at radius 2 is 0.554 bits per heavy atom. The summed E-state index contributed by atoms with van der Waals surface area (Å²) in [7, 11) is 0. The molecule has 0 N–H and O–H groups in total. The molecule has 2 atom stereocenters. The summed E-state index contributed by atoms with van der Waals surface area (Å²) in [6, 6.07) is 102. The average Bonchev–Trinajstić information content (AvgIpc) is 3.49. The Bertz CT molecular complexity index is 4000. The van der Waals surface area contributed by atoms with Crippen molar-refractivity contribution in [3.63, 3.8) is 0 Å². The number of allylic oxidation sites excluding steroid dienone is 2. The van der Waals surface area contributed by atoms with Gasteiger partial charge >= 0.3 is 0 Å². The summed E-state index contributed by atoms with van der Waals surface area (Å²) in [5.74, 6) is 0.379. The van der Waals surface area contributed by atoms with Crippen molar-refractivity contribution in [2.45, 2.75) is 11.8 Å². The number of hydrogen-bond donors (Lipinski definition) is 0. The normalized spacial score (nSPS) is 14.6. The van der Waals surface area contributed by atoms with Gasteiger partial charge in [-0.3, -0.25) is 0 Å². The lowest BCUT2D eigenvalue weighted by molar-refractivity contribution is 1.01. The monoisotopic (exact) mass is 938 g/mol. The van der Waals surface area contributed by atoms with Crippen molar-refractivity contribution in [2.24, 2.45) is 0 Å². The number of rotatable bonds is 6. The lowest BCUT2D eigenvalue weighted by atomic mass is 9.71. The van der Waals surface area contributed by atoms with Crippen molar-refractivity contribution < 1.29 is 0 Å². The summed E-state index contributed by atoms with van der Waals surface area (Å²) in [5.41, 5.74) is 18.4. The first-order chi connectivity index (χ1) is 36.7. The van der Waals surface area contributed by atoms with E-state index >= 15 is 0 Å². The average molecular weight is 939 g/mol. The fourth-order valence-electron chi connectivity index (χ4n) is 12.3. The molecule has 2 unspecified atom stereocenters. The molecule has 0 nitrogen and oxygen atoms in total. The number of benzene rings is 13. The lowest BCUT2D eigenvalue weighted by Gasteiger charge is -2.32. The second kappa shape index (κ2) is 18.4. The molecular weight excluding hydrogens is 889 g/mol. The molecule has 0 aromatic heterocycles. The maximum atomic E-state index is 2.48. The van der Waals surface area contributed by atoms with E-state index in [-0.39, 0.29) is 11.8 Å². The van der Waals surface area contributed by atoms with Crippen LogP contribution in [0.4, 0.5) is 0 Å². The van der Waals surface area contributed by atoms with E-state index in [0.29, 0.717) is 0 Å². The van der Waals surface area contributed by atoms with E-state index in [9.17, 15) is 0 Å². The summed E-state index contributed by atoms with van der Waals surface area (Å²) in [4.78, 5) is 0. The van der Waals surface area contributed by atoms with Gasteiger partial charge in [-0.05, 0) is 144 Å². The van der Waals surface area contributed by atoms with E-state index in [1.165, 1.54) is 132 Å². The van der Waals surface area contributed by atoms with E-state index in [1.54, 1.807) is 0 Å². The van der Waals surface area contributed by atoms with Crippen molar-refractivity contribution in [3.05, 3.63) is 336 Å². The number of fused-ring (bicyclic) bond motifs is 4. The van der Waals surface area contributed by atoms with Gasteiger partial charge < -0.3 is 0 Å². The first-order valence-electron chi connectivity index (χ1n) is 25.9. The largest absolute Gasteiger partial charge is 0.0641 e. The Morgan fingerprint density at radius 3 is 0.932 bits per heavy atom. The number of hydrogen-bond acceptors (Lipinski definition) is 0. The van der Waals surface area contributed by atoms with Crippen molar-refractivity contribution in [3.8, 4) is 22.3 Å². The molecule has 15 rings (SSSR count). The van der Waals surface area contributed by atoms with Crippen LogP contribution < -0.4 is 0 Å². The molecule has 0 spiro atoms. The van der Waals surface area contributed by atoms with E-state index in [1.807, 2.05) is 0 Å². The summed E-state index contributed by atoms with van der Waals surface area (Å²) in [6.07, 6.45) is 4.96. The van der Waals surface area contributed by atoms with Gasteiger partial charge in [0, 0.05) is 11.8 Å². The molecule has 2 aliphatic rings. The Labute approximate surface area is 432 Å². The van der Waals surface area contributed by atoms with Crippen molar-refractivity contribution in [1.82, 2.24) is 0 Å². The van der Waals surface area contributed by atoms with Crippen molar-refractivity contribution in [1.29, 1.82) is 0 Å². The second-order valence-corrected chi connectivity index (χ2v) is 19.8. The topological polar surface area (TPSA) is 0 Å². The van der Waals surface area contributed by atoms with Crippen LogP contribution in [0, 0.1) is 0 Å². The minimum atomic E-state index is 0.189. The summed E-state index contributed by atoms with van der Waals surface area (Å²) in [5, 5.41) is 13.0. The SMILES string of the molecule is C1=C(c2ccccc2)c2ccc3c4c(ccc(c24)C1c1ccccc1)C(c1ccccc1)=CC3c1ccccc1.c1ccc2cc(-c3c4ccccc4c(-c4ccc5ccccc5c4)c4ccccc34)ccc2c1. The molecular formula is C74H50. The van der Waals surface area contributed by atoms with Crippen LogP contribution in [0.15, 0.2) is 291 Å². The smallest absolute Gasteiger partial charge is 0.0285 e. The van der Waals surface area contributed by atoms with Crippen LogP contribution in [0.2, 0.25) is 0 Å². The molecule has 0 fully saturated rings. The minimum Gasteiger partial charge on any atom is -0.0641 e. The zero-order valence-electron chi connectivity index (χ0n) is 40.9. The molecule has 0 heteroatoms. The zero-order chi connectivity index (χ0) is 49.0. The zero-order valence-corrected chi connectivity index (χ0v) is 40.9. The van der Waals surface area contributed by atoms with Gasteiger partial charge in [0.15, 0.2) is 0 Å². The third kappa shape index (κ3) is 7.46. The predicted octanol–water partition coefficient (Wildman–Crippen LogP) is 19.6.